The number of hydrogen-bond donors (Lipinski definition) is 5. The molecule has 71 heavy (non-hydrogen) atoms. The Morgan fingerprint density at radius 2 is 1.65 bits per heavy atom. The highest BCUT2D eigenvalue weighted by atomic mass is 32.2. The van der Waals surface area contributed by atoms with E-state index >= 15 is 0 Å². The van der Waals surface area contributed by atoms with Crippen LogP contribution in [0.15, 0.2) is 84.3 Å². The van der Waals surface area contributed by atoms with Crippen LogP contribution in [0.3, 0.4) is 0 Å². The highest BCUT2D eigenvalue weighted by Crippen LogP contribution is 2.32. The molecule has 3 aliphatic heterocycles. The Hall–Kier alpha value is -7.29. The van der Waals surface area contributed by atoms with Crippen LogP contribution in [0, 0.1) is 0 Å². The fourth-order valence-corrected chi connectivity index (χ4v) is 9.53. The number of imide groups is 1. The largest absolute Gasteiger partial charge is 0.382 e. The van der Waals surface area contributed by atoms with Crippen molar-refractivity contribution in [3.8, 4) is 11.3 Å². The average molecular weight is 995 g/mol. The number of aromatic nitrogens is 6. The van der Waals surface area contributed by atoms with E-state index in [1.54, 1.807) is 53.3 Å². The maximum absolute atomic E-state index is 13.6. The van der Waals surface area contributed by atoms with Gasteiger partial charge in [0, 0.05) is 87.0 Å². The molecule has 3 aliphatic rings. The first-order valence-electron chi connectivity index (χ1n) is 23.0. The number of fused-ring (bicyclic) bond motifs is 1. The van der Waals surface area contributed by atoms with Crippen molar-refractivity contribution < 1.29 is 46.6 Å². The van der Waals surface area contributed by atoms with Gasteiger partial charge in [-0.2, -0.15) is 4.31 Å². The zero-order valence-electron chi connectivity index (χ0n) is 38.7. The molecule has 3 aromatic heterocycles. The van der Waals surface area contributed by atoms with Gasteiger partial charge >= 0.3 is 0 Å². The van der Waals surface area contributed by atoms with Gasteiger partial charge in [-0.25, -0.2) is 23.1 Å². The van der Waals surface area contributed by atoms with Gasteiger partial charge in [0.05, 0.1) is 87.1 Å². The molecule has 8 rings (SSSR count). The monoisotopic (exact) mass is 994 g/mol. The smallest absolute Gasteiger partial charge is 0.278 e. The number of pyridine rings is 1. The average Bonchev–Trinajstić information content (AvgIpc) is 3.97. The zero-order chi connectivity index (χ0) is 49.7. The number of piperidine rings is 1. The van der Waals surface area contributed by atoms with E-state index in [1.165, 1.54) is 33.7 Å². The van der Waals surface area contributed by atoms with Crippen LogP contribution in [-0.4, -0.2) is 167 Å². The maximum Gasteiger partial charge on any atom is 0.278 e. The first-order chi connectivity index (χ1) is 34.4. The third kappa shape index (κ3) is 12.9. The normalized spacial score (nSPS) is 16.4. The molecule has 374 valence electrons. The van der Waals surface area contributed by atoms with Gasteiger partial charge in [0.25, 0.3) is 11.8 Å². The lowest BCUT2D eigenvalue weighted by molar-refractivity contribution is -0.137. The maximum atomic E-state index is 13.6. The van der Waals surface area contributed by atoms with Crippen LogP contribution in [0.25, 0.3) is 11.3 Å². The Morgan fingerprint density at radius 3 is 2.39 bits per heavy atom. The molecule has 0 saturated carbocycles. The lowest BCUT2D eigenvalue weighted by Gasteiger charge is -2.33. The summed E-state index contributed by atoms with van der Waals surface area (Å²) in [5.74, 6) is -1.96. The predicted molar refractivity (Wildman–Crippen MR) is 255 cm³/mol. The van der Waals surface area contributed by atoms with E-state index in [2.05, 4.69) is 51.4 Å². The molecular weight excluding hydrogens is 941 g/mol. The first kappa shape index (κ1) is 50.1. The van der Waals surface area contributed by atoms with Crippen molar-refractivity contribution in [1.82, 2.24) is 54.7 Å². The first-order valence-corrected chi connectivity index (χ1v) is 24.4. The number of carbonyl (C=O) groups excluding carboxylic acids is 5. The minimum atomic E-state index is -3.77. The topological polar surface area (TPSA) is 300 Å². The second kappa shape index (κ2) is 23.5. The number of sulfonamides is 1. The Bertz CT molecular complexity index is 2810. The van der Waals surface area contributed by atoms with Crippen LogP contribution in [0.4, 0.5) is 17.2 Å². The Balaban J connectivity index is 0.651. The second-order valence-electron chi connectivity index (χ2n) is 16.6. The van der Waals surface area contributed by atoms with E-state index in [4.69, 9.17) is 19.9 Å². The highest BCUT2D eigenvalue weighted by molar-refractivity contribution is 7.89. The lowest BCUT2D eigenvalue weighted by atomic mass is 10.0. The van der Waals surface area contributed by atoms with E-state index in [9.17, 15) is 32.4 Å². The molecule has 1 unspecified atom stereocenters. The summed E-state index contributed by atoms with van der Waals surface area (Å²) in [6, 6.07) is 14.1. The number of nitrogens with two attached hydrogens (primary N) is 1. The molecule has 5 amide bonds. The number of hydrogen-bond acceptors (Lipinski definition) is 18. The summed E-state index contributed by atoms with van der Waals surface area (Å²) < 4.78 is 47.1. The number of anilines is 3. The van der Waals surface area contributed by atoms with E-state index < -0.39 is 27.9 Å². The van der Waals surface area contributed by atoms with Gasteiger partial charge in [-0.15, -0.1) is 5.10 Å². The summed E-state index contributed by atoms with van der Waals surface area (Å²) in [4.78, 5) is 78.6. The van der Waals surface area contributed by atoms with Gasteiger partial charge in [-0.1, -0.05) is 23.4 Å². The molecule has 0 bridgehead atoms. The molecular formula is C46H54N14O10S. The van der Waals surface area contributed by atoms with Gasteiger partial charge in [0.15, 0.2) is 11.5 Å². The number of nitrogens with zero attached hydrogens (tertiary/aromatic N) is 9. The molecule has 24 nitrogen and oxygen atoms in total. The fourth-order valence-electron chi connectivity index (χ4n) is 8.11. The van der Waals surface area contributed by atoms with Crippen LogP contribution in [-0.2, 0) is 58.3 Å². The molecule has 0 aliphatic carbocycles. The number of rotatable bonds is 23. The van der Waals surface area contributed by atoms with Crippen LogP contribution >= 0.6 is 0 Å². The third-order valence-electron chi connectivity index (χ3n) is 11.8. The number of nitrogens with one attached hydrogen (secondary N) is 4. The fraction of sp³-hybridized carbons (Fsp3) is 0.391. The molecule has 6 N–H and O–H groups in total. The summed E-state index contributed by atoms with van der Waals surface area (Å²) in [7, 11) is -3.77. The molecule has 0 radical (unpaired) electrons. The molecule has 25 heteroatoms. The molecule has 2 saturated heterocycles. The minimum Gasteiger partial charge on any atom is -0.382 e. The van der Waals surface area contributed by atoms with Gasteiger partial charge in [0.1, 0.15) is 6.04 Å². The standard InChI is InChI=1S/C46H54N14O10S/c47-43-42(45(64)52-32-3-2-12-48-25-32)53-38(26-51-43)31-6-8-34(9-7-31)71(66,67)59-16-14-57(15-17-59)28-33-29-58(56-55-33)18-20-69-22-24-70-23-21-68-19-13-49-41(62)27-50-37-5-1-4-35-36(37)30-60(46(35)65)39-10-11-40(61)54-44(39)63/h1-9,12,25-26,29,39,50H,10-11,13-24,27-28,30H2,(H2,47,51)(H,49,62)(H,52,64)(H,54,61,63). The molecule has 6 heterocycles. The summed E-state index contributed by atoms with van der Waals surface area (Å²) >= 11 is 0. The SMILES string of the molecule is Nc1ncc(-c2ccc(S(=O)(=O)N3CCN(Cc4cn(CCOCCOCCOCCNC(=O)CNc5cccc6c5CN(C5CCC(=O)NC5=O)C6=O)nn4)CC3)cc2)nc1C(=O)Nc1cccnc1. The van der Waals surface area contributed by atoms with Gasteiger partial charge in [-0.3, -0.25) is 39.2 Å². The summed E-state index contributed by atoms with van der Waals surface area (Å²) in [6.45, 7) is 5.25. The number of ether oxygens (including phenoxy) is 3. The van der Waals surface area contributed by atoms with Crippen molar-refractivity contribution in [2.24, 2.45) is 0 Å². The van der Waals surface area contributed by atoms with Gasteiger partial charge in [-0.05, 0) is 42.8 Å². The number of carbonyl (C=O) groups is 5. The number of amides is 5. The summed E-state index contributed by atoms with van der Waals surface area (Å²) in [5, 5.41) is 19.3. The van der Waals surface area contributed by atoms with Crippen molar-refractivity contribution in [3.05, 3.63) is 102 Å². The molecule has 2 aromatic carbocycles. The summed E-state index contributed by atoms with van der Waals surface area (Å²) in [6.07, 6.45) is 6.79. The van der Waals surface area contributed by atoms with E-state index in [0.717, 1.165) is 5.69 Å². The Labute approximate surface area is 408 Å². The molecule has 5 aromatic rings. The van der Waals surface area contributed by atoms with Crippen LogP contribution < -0.4 is 27.0 Å². The molecule has 1 atom stereocenters. The van der Waals surface area contributed by atoms with Crippen molar-refractivity contribution in [2.45, 2.75) is 43.4 Å². The van der Waals surface area contributed by atoms with E-state index in [0.29, 0.717) is 119 Å². The number of benzene rings is 2. The quantitative estimate of drug-likeness (QED) is 0.0440. The van der Waals surface area contributed by atoms with Crippen molar-refractivity contribution in [3.63, 3.8) is 0 Å². The number of piperazine rings is 1. The van der Waals surface area contributed by atoms with Crippen molar-refractivity contribution in [2.75, 3.05) is 95.3 Å². The van der Waals surface area contributed by atoms with Crippen LogP contribution in [0.5, 0.6) is 0 Å². The van der Waals surface area contributed by atoms with Gasteiger partial charge in [0.2, 0.25) is 27.7 Å². The van der Waals surface area contributed by atoms with E-state index in [-0.39, 0.29) is 60.1 Å². The van der Waals surface area contributed by atoms with Crippen molar-refractivity contribution >= 4 is 56.8 Å². The van der Waals surface area contributed by atoms with Crippen molar-refractivity contribution in [1.29, 1.82) is 0 Å². The summed E-state index contributed by atoms with van der Waals surface area (Å²) in [5.41, 5.74) is 9.82. The van der Waals surface area contributed by atoms with Gasteiger partial charge < -0.3 is 40.8 Å². The second-order valence-corrected chi connectivity index (χ2v) is 18.6. The van der Waals surface area contributed by atoms with Crippen LogP contribution in [0.1, 0.15) is 44.9 Å². The Kier molecular flexibility index (Phi) is 16.6. The Morgan fingerprint density at radius 1 is 0.887 bits per heavy atom. The predicted octanol–water partition coefficient (Wildman–Crippen LogP) is 0.510. The highest BCUT2D eigenvalue weighted by Gasteiger charge is 2.40. The molecule has 0 spiro atoms. The molecule has 2 fully saturated rings. The number of nitrogen functional groups attached to an aromatic ring is 1. The third-order valence-corrected chi connectivity index (χ3v) is 13.7. The zero-order valence-corrected chi connectivity index (χ0v) is 39.5. The van der Waals surface area contributed by atoms with Crippen LogP contribution in [0.2, 0.25) is 0 Å². The minimum absolute atomic E-state index is 0.0225. The lowest BCUT2D eigenvalue weighted by Crippen LogP contribution is -2.52. The van der Waals surface area contributed by atoms with E-state index in [1.807, 2.05) is 6.20 Å².